The minimum absolute atomic E-state index is 0.0407. The first-order valence-corrected chi connectivity index (χ1v) is 14.3. The van der Waals surface area contributed by atoms with Gasteiger partial charge in [-0.25, -0.2) is 4.42 Å². The van der Waals surface area contributed by atoms with Crippen molar-refractivity contribution in [3.05, 3.63) is 23.8 Å². The molecule has 0 radical (unpaired) electrons. The third-order valence-electron chi connectivity index (χ3n) is 7.65. The summed E-state index contributed by atoms with van der Waals surface area (Å²) < 4.78 is 23.1. The molecular formula is C29H49ClN2O6. The van der Waals surface area contributed by atoms with E-state index in [1.807, 2.05) is 18.2 Å². The number of nitrogens with zero attached hydrogens (tertiary/aromatic N) is 1. The third-order valence-corrected chi connectivity index (χ3v) is 7.95. The van der Waals surface area contributed by atoms with Crippen molar-refractivity contribution in [3.8, 4) is 11.5 Å². The van der Waals surface area contributed by atoms with Crippen LogP contribution in [-0.2, 0) is 20.7 Å². The molecule has 8 nitrogen and oxygen atoms in total. The Morgan fingerprint density at radius 1 is 1.13 bits per heavy atom. The summed E-state index contributed by atoms with van der Waals surface area (Å²) in [7, 11) is 4.85. The van der Waals surface area contributed by atoms with Gasteiger partial charge in [0.05, 0.1) is 26.4 Å². The number of ether oxygens (including phenoxy) is 4. The highest BCUT2D eigenvalue weighted by atomic mass is 35.5. The Kier molecular flexibility index (Phi) is 14.8. The van der Waals surface area contributed by atoms with Crippen molar-refractivity contribution >= 4 is 17.7 Å². The van der Waals surface area contributed by atoms with Gasteiger partial charge in [0, 0.05) is 45.1 Å². The van der Waals surface area contributed by atoms with Gasteiger partial charge in [-0.05, 0) is 61.1 Å². The van der Waals surface area contributed by atoms with Crippen molar-refractivity contribution in [2.75, 3.05) is 41.1 Å². The summed E-state index contributed by atoms with van der Waals surface area (Å²) in [6.45, 7) is 5.44. The number of halogens is 1. The number of aliphatic hydroxyl groups is 1. The van der Waals surface area contributed by atoms with Crippen LogP contribution < -0.4 is 15.2 Å². The van der Waals surface area contributed by atoms with Gasteiger partial charge in [-0.1, -0.05) is 39.2 Å². The van der Waals surface area contributed by atoms with Gasteiger partial charge in [-0.3, -0.25) is 4.79 Å². The van der Waals surface area contributed by atoms with Crippen LogP contribution in [0.5, 0.6) is 11.5 Å². The van der Waals surface area contributed by atoms with Crippen LogP contribution in [0.25, 0.3) is 0 Å². The molecule has 2 rings (SSSR count). The van der Waals surface area contributed by atoms with Gasteiger partial charge < -0.3 is 29.8 Å². The highest BCUT2D eigenvalue weighted by molar-refractivity contribution is 6.21. The molecular weight excluding hydrogens is 508 g/mol. The number of carbonyl (C=O) groups excluding carboxylic acids is 1. The standard InChI is InChI=1S/C29H49ClN2O6/c1-20(2)23(16-21-12-13-26(36-4)27(17-21)38-15-9-14-35-3)18-24(31)25(33)19-32(30)29(34)28(37-5)22-10-7-6-8-11-22/h12-13,17,20,22-25,28,33H,6-11,14-16,18-19,31H2,1-5H3/t23-,24-,25-,28+/m0/s1. The zero-order chi connectivity index (χ0) is 28.1. The molecule has 0 aromatic heterocycles. The van der Waals surface area contributed by atoms with E-state index in [1.54, 1.807) is 21.3 Å². The lowest BCUT2D eigenvalue weighted by Crippen LogP contribution is -2.47. The van der Waals surface area contributed by atoms with Crippen molar-refractivity contribution in [3.63, 3.8) is 0 Å². The molecule has 1 aromatic rings. The van der Waals surface area contributed by atoms with Crippen LogP contribution in [0.15, 0.2) is 18.2 Å². The average molecular weight is 557 g/mol. The molecule has 0 unspecified atom stereocenters. The summed E-state index contributed by atoms with van der Waals surface area (Å²) in [6, 6.07) is 5.43. The summed E-state index contributed by atoms with van der Waals surface area (Å²) in [4.78, 5) is 13.0. The summed E-state index contributed by atoms with van der Waals surface area (Å²) in [6.07, 6.45) is 5.92. The molecule has 0 saturated heterocycles. The molecule has 1 amide bonds. The molecule has 218 valence electrons. The van der Waals surface area contributed by atoms with Crippen LogP contribution in [0, 0.1) is 17.8 Å². The molecule has 38 heavy (non-hydrogen) atoms. The summed E-state index contributed by atoms with van der Waals surface area (Å²) in [5.41, 5.74) is 7.55. The average Bonchev–Trinajstić information content (AvgIpc) is 2.91. The Hall–Kier alpha value is -1.58. The van der Waals surface area contributed by atoms with Crippen LogP contribution >= 0.6 is 11.8 Å². The van der Waals surface area contributed by atoms with Crippen LogP contribution in [0.3, 0.4) is 0 Å². The fourth-order valence-corrected chi connectivity index (χ4v) is 5.44. The molecule has 1 aliphatic rings. The van der Waals surface area contributed by atoms with Crippen molar-refractivity contribution in [1.29, 1.82) is 0 Å². The Balaban J connectivity index is 1.98. The van der Waals surface area contributed by atoms with Crippen LogP contribution in [0.4, 0.5) is 0 Å². The van der Waals surface area contributed by atoms with Crippen molar-refractivity contribution < 1.29 is 28.8 Å². The maximum Gasteiger partial charge on any atom is 0.266 e. The molecule has 1 aliphatic carbocycles. The monoisotopic (exact) mass is 556 g/mol. The van der Waals surface area contributed by atoms with Gasteiger partial charge >= 0.3 is 0 Å². The molecule has 1 saturated carbocycles. The Morgan fingerprint density at radius 3 is 2.45 bits per heavy atom. The van der Waals surface area contributed by atoms with E-state index < -0.39 is 18.2 Å². The minimum Gasteiger partial charge on any atom is -0.493 e. The van der Waals surface area contributed by atoms with Crippen molar-refractivity contribution in [2.45, 2.75) is 83.5 Å². The first-order valence-electron chi connectivity index (χ1n) is 13.9. The smallest absolute Gasteiger partial charge is 0.266 e. The van der Waals surface area contributed by atoms with Crippen molar-refractivity contribution in [2.24, 2.45) is 23.5 Å². The topological polar surface area (TPSA) is 103 Å². The Labute approximate surface area is 234 Å². The quantitative estimate of drug-likeness (QED) is 0.214. The summed E-state index contributed by atoms with van der Waals surface area (Å²) in [5, 5.41) is 10.9. The van der Waals surface area contributed by atoms with E-state index in [0.717, 1.165) is 48.5 Å². The number of hydrogen-bond acceptors (Lipinski definition) is 7. The number of nitrogens with two attached hydrogens (primary N) is 1. The van der Waals surface area contributed by atoms with Crippen molar-refractivity contribution in [1.82, 2.24) is 4.42 Å². The second-order valence-electron chi connectivity index (χ2n) is 10.8. The molecule has 4 atom stereocenters. The van der Waals surface area contributed by atoms with E-state index in [2.05, 4.69) is 13.8 Å². The summed E-state index contributed by atoms with van der Waals surface area (Å²) >= 11 is 6.35. The predicted molar refractivity (Wildman–Crippen MR) is 151 cm³/mol. The molecule has 1 aromatic carbocycles. The van der Waals surface area contributed by atoms with E-state index in [0.29, 0.717) is 37.1 Å². The predicted octanol–water partition coefficient (Wildman–Crippen LogP) is 4.58. The lowest BCUT2D eigenvalue weighted by atomic mass is 9.83. The highest BCUT2D eigenvalue weighted by Crippen LogP contribution is 2.32. The maximum absolute atomic E-state index is 13.0. The van der Waals surface area contributed by atoms with Gasteiger partial charge in [0.15, 0.2) is 11.5 Å². The van der Waals surface area contributed by atoms with E-state index in [4.69, 9.17) is 36.5 Å². The van der Waals surface area contributed by atoms with Crippen LogP contribution in [0.2, 0.25) is 0 Å². The molecule has 1 fully saturated rings. The number of amides is 1. The molecule has 0 bridgehead atoms. The van der Waals surface area contributed by atoms with E-state index in [9.17, 15) is 9.90 Å². The maximum atomic E-state index is 13.0. The fraction of sp³-hybridized carbons (Fsp3) is 0.759. The van der Waals surface area contributed by atoms with E-state index >= 15 is 0 Å². The molecule has 0 spiro atoms. The molecule has 9 heteroatoms. The minimum atomic E-state index is -0.947. The molecule has 0 aliphatic heterocycles. The van der Waals surface area contributed by atoms with Gasteiger partial charge in [0.25, 0.3) is 5.91 Å². The zero-order valence-corrected chi connectivity index (χ0v) is 24.6. The number of benzene rings is 1. The molecule has 0 heterocycles. The third kappa shape index (κ3) is 10.2. The first-order chi connectivity index (χ1) is 18.2. The number of rotatable bonds is 17. The first kappa shape index (κ1) is 32.6. The second-order valence-corrected chi connectivity index (χ2v) is 11.2. The number of carbonyl (C=O) groups is 1. The number of aliphatic hydroxyl groups excluding tert-OH is 1. The lowest BCUT2D eigenvalue weighted by Gasteiger charge is -2.32. The van der Waals surface area contributed by atoms with E-state index in [1.165, 1.54) is 6.42 Å². The summed E-state index contributed by atoms with van der Waals surface area (Å²) in [5.74, 6) is 1.80. The Bertz CT molecular complexity index is 820. The van der Waals surface area contributed by atoms with Crippen LogP contribution in [-0.4, -0.2) is 74.8 Å². The number of methoxy groups -OCH3 is 3. The van der Waals surface area contributed by atoms with E-state index in [-0.39, 0.29) is 24.3 Å². The zero-order valence-electron chi connectivity index (χ0n) is 23.9. The highest BCUT2D eigenvalue weighted by Gasteiger charge is 2.34. The van der Waals surface area contributed by atoms with Crippen LogP contribution in [0.1, 0.15) is 64.4 Å². The normalized spacial score (nSPS) is 17.6. The van der Waals surface area contributed by atoms with Gasteiger partial charge in [-0.15, -0.1) is 0 Å². The SMILES string of the molecule is COCCCOc1cc(C[C@@H](C[C@H](N)[C@@H](O)CN(Cl)C(=O)[C@H](OC)C2CCCCC2)C(C)C)ccc1OC. The fourth-order valence-electron chi connectivity index (χ4n) is 5.21. The number of hydrogen-bond donors (Lipinski definition) is 2. The second kappa shape index (κ2) is 17.2. The molecule has 3 N–H and O–H groups in total. The van der Waals surface area contributed by atoms with Gasteiger partial charge in [0.1, 0.15) is 6.10 Å². The largest absolute Gasteiger partial charge is 0.493 e. The lowest BCUT2D eigenvalue weighted by molar-refractivity contribution is -0.142. The Morgan fingerprint density at radius 2 is 1.84 bits per heavy atom. The van der Waals surface area contributed by atoms with Gasteiger partial charge in [0.2, 0.25) is 0 Å². The van der Waals surface area contributed by atoms with Gasteiger partial charge in [-0.2, -0.15) is 0 Å².